The summed E-state index contributed by atoms with van der Waals surface area (Å²) in [5.41, 5.74) is 2.01. The number of benzene rings is 1. The van der Waals surface area contributed by atoms with Crippen LogP contribution in [-0.4, -0.2) is 5.78 Å². The van der Waals surface area contributed by atoms with E-state index in [1.165, 1.54) is 22.9 Å². The van der Waals surface area contributed by atoms with Crippen LogP contribution in [-0.2, 0) is 0 Å². The van der Waals surface area contributed by atoms with Crippen molar-refractivity contribution in [1.82, 2.24) is 0 Å². The molecule has 0 atom stereocenters. The minimum absolute atomic E-state index is 0.0731. The van der Waals surface area contributed by atoms with Gasteiger partial charge in [-0.05, 0) is 41.8 Å². The minimum Gasteiger partial charge on any atom is -0.289 e. The second-order valence-electron chi connectivity index (χ2n) is 4.20. The molecule has 1 aliphatic carbocycles. The molecule has 0 aromatic heterocycles. The van der Waals surface area contributed by atoms with Gasteiger partial charge in [0.05, 0.1) is 0 Å². The summed E-state index contributed by atoms with van der Waals surface area (Å²) in [5.74, 6) is 0.0731. The van der Waals surface area contributed by atoms with Gasteiger partial charge in [-0.25, -0.2) is 0 Å². The zero-order valence-electron chi connectivity index (χ0n) is 9.66. The minimum atomic E-state index is 0.0731. The maximum atomic E-state index is 11.9. The Labute approximate surface area is 110 Å². The van der Waals surface area contributed by atoms with Gasteiger partial charge >= 0.3 is 0 Å². The van der Waals surface area contributed by atoms with Crippen LogP contribution < -0.4 is 0 Å². The van der Waals surface area contributed by atoms with Crippen molar-refractivity contribution in [2.24, 2.45) is 0 Å². The normalized spacial score (nSPS) is 16.5. The van der Waals surface area contributed by atoms with E-state index in [0.717, 1.165) is 18.4 Å². The fraction of sp³-hybridized carbons (Fsp3) is 0.267. The summed E-state index contributed by atoms with van der Waals surface area (Å²) in [6.45, 7) is 0. The lowest BCUT2D eigenvalue weighted by Crippen LogP contribution is -1.96. The highest BCUT2D eigenvalue weighted by atomic mass is 79.9. The van der Waals surface area contributed by atoms with Gasteiger partial charge in [-0.2, -0.15) is 0 Å². The summed E-state index contributed by atoms with van der Waals surface area (Å²) in [5, 5.41) is 0. The maximum Gasteiger partial charge on any atom is 0.185 e. The third kappa shape index (κ3) is 3.40. The number of ketones is 1. The first kappa shape index (κ1) is 12.3. The second-order valence-corrected chi connectivity index (χ2v) is 5.16. The first-order valence-corrected chi connectivity index (χ1v) is 6.71. The Morgan fingerprint density at radius 1 is 1.12 bits per heavy atom. The molecule has 17 heavy (non-hydrogen) atoms. The molecule has 0 amide bonds. The Bertz CT molecular complexity index is 457. The molecule has 0 N–H and O–H groups in total. The van der Waals surface area contributed by atoms with E-state index in [1.54, 1.807) is 6.08 Å². The van der Waals surface area contributed by atoms with Crippen LogP contribution in [0.5, 0.6) is 0 Å². The third-order valence-corrected chi connectivity index (χ3v) is 3.84. The van der Waals surface area contributed by atoms with Gasteiger partial charge in [0, 0.05) is 5.56 Å². The molecule has 88 valence electrons. The van der Waals surface area contributed by atoms with Crippen LogP contribution in [0, 0.1) is 0 Å². The van der Waals surface area contributed by atoms with E-state index >= 15 is 0 Å². The molecule has 0 unspecified atom stereocenters. The highest BCUT2D eigenvalue weighted by Crippen LogP contribution is 2.29. The summed E-state index contributed by atoms with van der Waals surface area (Å²) >= 11 is 3.58. The van der Waals surface area contributed by atoms with E-state index in [4.69, 9.17) is 0 Å². The molecule has 0 aliphatic heterocycles. The van der Waals surface area contributed by atoms with Crippen molar-refractivity contribution >= 4 is 21.7 Å². The maximum absolute atomic E-state index is 11.9. The summed E-state index contributed by atoms with van der Waals surface area (Å²) < 4.78 is 1.25. The van der Waals surface area contributed by atoms with E-state index in [9.17, 15) is 4.79 Å². The van der Waals surface area contributed by atoms with Gasteiger partial charge in [-0.1, -0.05) is 52.3 Å². The largest absolute Gasteiger partial charge is 0.289 e. The second kappa shape index (κ2) is 5.97. The zero-order chi connectivity index (χ0) is 12.1. The molecule has 0 bridgehead atoms. The standard InChI is InChI=1S/C15H15BrO/c16-14-9-5-4-6-12(14)10-11-15(17)13-7-2-1-3-8-13/h1-3,7-8,10-11H,4-6,9H2. The molecule has 0 fully saturated rings. The third-order valence-electron chi connectivity index (χ3n) is 2.94. The van der Waals surface area contributed by atoms with Crippen molar-refractivity contribution < 1.29 is 4.79 Å². The summed E-state index contributed by atoms with van der Waals surface area (Å²) in [4.78, 5) is 11.9. The molecule has 0 saturated heterocycles. The van der Waals surface area contributed by atoms with Crippen LogP contribution in [0.1, 0.15) is 36.0 Å². The number of rotatable bonds is 3. The Morgan fingerprint density at radius 2 is 1.82 bits per heavy atom. The predicted molar refractivity (Wildman–Crippen MR) is 74.3 cm³/mol. The van der Waals surface area contributed by atoms with Crippen molar-refractivity contribution in [3.63, 3.8) is 0 Å². The summed E-state index contributed by atoms with van der Waals surface area (Å²) in [6, 6.07) is 9.38. The lowest BCUT2D eigenvalue weighted by atomic mass is 9.98. The Morgan fingerprint density at radius 3 is 2.53 bits per heavy atom. The first-order chi connectivity index (χ1) is 8.27. The molecular formula is C15H15BrO. The molecule has 1 nitrogen and oxygen atoms in total. The molecule has 1 aromatic rings. The van der Waals surface area contributed by atoms with Crippen molar-refractivity contribution in [1.29, 1.82) is 0 Å². The number of hydrogen-bond donors (Lipinski definition) is 0. The van der Waals surface area contributed by atoms with Gasteiger partial charge in [-0.15, -0.1) is 0 Å². The topological polar surface area (TPSA) is 17.1 Å². The van der Waals surface area contributed by atoms with Crippen LogP contribution in [0.4, 0.5) is 0 Å². The monoisotopic (exact) mass is 290 g/mol. The number of hydrogen-bond acceptors (Lipinski definition) is 1. The molecule has 1 aromatic carbocycles. The highest BCUT2D eigenvalue weighted by molar-refractivity contribution is 9.11. The van der Waals surface area contributed by atoms with E-state index in [2.05, 4.69) is 15.9 Å². The van der Waals surface area contributed by atoms with E-state index in [0.29, 0.717) is 0 Å². The Balaban J connectivity index is 2.09. The smallest absolute Gasteiger partial charge is 0.185 e. The molecule has 0 spiro atoms. The van der Waals surface area contributed by atoms with Gasteiger partial charge in [0.1, 0.15) is 0 Å². The van der Waals surface area contributed by atoms with Crippen LogP contribution in [0.25, 0.3) is 0 Å². The Kier molecular flexibility index (Phi) is 4.32. The quantitative estimate of drug-likeness (QED) is 0.585. The molecule has 2 rings (SSSR count). The van der Waals surface area contributed by atoms with Gasteiger partial charge in [0.15, 0.2) is 5.78 Å². The SMILES string of the molecule is O=C(C=CC1=C(Br)CCCC1)c1ccccc1. The van der Waals surface area contributed by atoms with Crippen molar-refractivity contribution in [2.75, 3.05) is 0 Å². The number of carbonyl (C=O) groups excluding carboxylic acids is 1. The fourth-order valence-corrected chi connectivity index (χ4v) is 2.55. The van der Waals surface area contributed by atoms with E-state index in [-0.39, 0.29) is 5.78 Å². The number of allylic oxidation sites excluding steroid dienone is 4. The summed E-state index contributed by atoms with van der Waals surface area (Å²) in [7, 11) is 0. The predicted octanol–water partition coefficient (Wildman–Crippen LogP) is 4.65. The first-order valence-electron chi connectivity index (χ1n) is 5.92. The van der Waals surface area contributed by atoms with Gasteiger partial charge in [-0.3, -0.25) is 4.79 Å². The van der Waals surface area contributed by atoms with E-state index in [1.807, 2.05) is 36.4 Å². The molecule has 0 radical (unpaired) electrons. The number of carbonyl (C=O) groups is 1. The highest BCUT2D eigenvalue weighted by Gasteiger charge is 2.08. The number of halogens is 1. The molecule has 0 saturated carbocycles. The van der Waals surface area contributed by atoms with Crippen LogP contribution in [0.2, 0.25) is 0 Å². The van der Waals surface area contributed by atoms with E-state index < -0.39 is 0 Å². The molecular weight excluding hydrogens is 276 g/mol. The average Bonchev–Trinajstić information content (AvgIpc) is 2.38. The lowest BCUT2D eigenvalue weighted by Gasteiger charge is -2.12. The van der Waals surface area contributed by atoms with Crippen LogP contribution >= 0.6 is 15.9 Å². The van der Waals surface area contributed by atoms with Crippen molar-refractivity contribution in [3.05, 3.63) is 58.1 Å². The van der Waals surface area contributed by atoms with Gasteiger partial charge < -0.3 is 0 Å². The van der Waals surface area contributed by atoms with Crippen molar-refractivity contribution in [3.8, 4) is 0 Å². The fourth-order valence-electron chi connectivity index (χ4n) is 1.94. The molecule has 2 heteroatoms. The van der Waals surface area contributed by atoms with Gasteiger partial charge in [0.2, 0.25) is 0 Å². The van der Waals surface area contributed by atoms with Gasteiger partial charge in [0.25, 0.3) is 0 Å². The average molecular weight is 291 g/mol. The lowest BCUT2D eigenvalue weighted by molar-refractivity contribution is 0.104. The molecule has 0 heterocycles. The van der Waals surface area contributed by atoms with Crippen LogP contribution in [0.15, 0.2) is 52.5 Å². The van der Waals surface area contributed by atoms with Crippen LogP contribution in [0.3, 0.4) is 0 Å². The summed E-state index contributed by atoms with van der Waals surface area (Å²) in [6.07, 6.45) is 8.26. The zero-order valence-corrected chi connectivity index (χ0v) is 11.2. The van der Waals surface area contributed by atoms with Crippen molar-refractivity contribution in [2.45, 2.75) is 25.7 Å². The molecule has 1 aliphatic rings. The Hall–Kier alpha value is -1.15.